The van der Waals surface area contributed by atoms with Crippen molar-refractivity contribution in [2.75, 3.05) is 18.4 Å². The molecule has 1 N–H and O–H groups in total. The molecule has 6 nitrogen and oxygen atoms in total. The van der Waals surface area contributed by atoms with Crippen LogP contribution in [-0.2, 0) is 0 Å². The summed E-state index contributed by atoms with van der Waals surface area (Å²) in [5.74, 6) is -0.0358. The first-order valence-corrected chi connectivity index (χ1v) is 7.47. The maximum absolute atomic E-state index is 12.3. The van der Waals surface area contributed by atoms with Crippen LogP contribution >= 0.6 is 0 Å². The third-order valence-electron chi connectivity index (χ3n) is 3.83. The molecule has 0 saturated carbocycles. The van der Waals surface area contributed by atoms with Crippen molar-refractivity contribution in [1.82, 2.24) is 19.9 Å². The fraction of sp³-hybridized carbons (Fsp3) is 0.375. The van der Waals surface area contributed by atoms with Crippen molar-refractivity contribution >= 4 is 11.6 Å². The van der Waals surface area contributed by atoms with Gasteiger partial charge >= 0.3 is 0 Å². The van der Waals surface area contributed by atoms with E-state index in [9.17, 15) is 4.79 Å². The summed E-state index contributed by atoms with van der Waals surface area (Å²) >= 11 is 0. The van der Waals surface area contributed by atoms with E-state index in [1.807, 2.05) is 30.2 Å². The van der Waals surface area contributed by atoms with E-state index in [-0.39, 0.29) is 5.91 Å². The van der Waals surface area contributed by atoms with E-state index in [0.29, 0.717) is 11.7 Å². The van der Waals surface area contributed by atoms with E-state index in [4.69, 9.17) is 0 Å². The number of rotatable bonds is 3. The van der Waals surface area contributed by atoms with E-state index in [1.165, 1.54) is 6.20 Å². The number of carbonyl (C=O) groups is 1. The highest BCUT2D eigenvalue weighted by Gasteiger charge is 2.24. The van der Waals surface area contributed by atoms with Crippen LogP contribution < -0.4 is 5.32 Å². The van der Waals surface area contributed by atoms with Gasteiger partial charge in [0.05, 0.1) is 6.20 Å². The molecular formula is C16H19N5O. The SMILES string of the molecule is Cc1cc(NC2CCN(C(=O)c3cnccn3)CC2)ccn1. The number of hydrogen-bond acceptors (Lipinski definition) is 5. The minimum atomic E-state index is -0.0358. The normalized spacial score (nSPS) is 15.6. The predicted octanol–water partition coefficient (Wildman–Crippen LogP) is 1.90. The van der Waals surface area contributed by atoms with Crippen LogP contribution in [0.25, 0.3) is 0 Å². The molecule has 114 valence electrons. The van der Waals surface area contributed by atoms with Gasteiger partial charge < -0.3 is 10.2 Å². The minimum Gasteiger partial charge on any atom is -0.382 e. The lowest BCUT2D eigenvalue weighted by Crippen LogP contribution is -2.42. The molecule has 2 aromatic rings. The standard InChI is InChI=1S/C16H19N5O/c1-12-10-14(2-5-18-12)20-13-3-8-21(9-4-13)16(22)15-11-17-6-7-19-15/h2,5-7,10-11,13H,3-4,8-9H2,1H3,(H,18,20). The van der Waals surface area contributed by atoms with Gasteiger partial charge in [0.2, 0.25) is 0 Å². The Hall–Kier alpha value is -2.50. The van der Waals surface area contributed by atoms with Crippen molar-refractivity contribution in [3.63, 3.8) is 0 Å². The summed E-state index contributed by atoms with van der Waals surface area (Å²) in [6.07, 6.45) is 8.30. The highest BCUT2D eigenvalue weighted by atomic mass is 16.2. The van der Waals surface area contributed by atoms with Crippen LogP contribution in [0.3, 0.4) is 0 Å². The van der Waals surface area contributed by atoms with Crippen molar-refractivity contribution in [1.29, 1.82) is 0 Å². The van der Waals surface area contributed by atoms with Crippen LogP contribution in [0.5, 0.6) is 0 Å². The lowest BCUT2D eigenvalue weighted by molar-refractivity contribution is 0.0712. The number of piperidine rings is 1. The second-order valence-corrected chi connectivity index (χ2v) is 5.49. The average molecular weight is 297 g/mol. The predicted molar refractivity (Wildman–Crippen MR) is 83.6 cm³/mol. The lowest BCUT2D eigenvalue weighted by atomic mass is 10.0. The molecule has 0 atom stereocenters. The van der Waals surface area contributed by atoms with E-state index >= 15 is 0 Å². The van der Waals surface area contributed by atoms with Gasteiger partial charge in [-0.05, 0) is 31.9 Å². The Morgan fingerprint density at radius 1 is 1.23 bits per heavy atom. The second-order valence-electron chi connectivity index (χ2n) is 5.49. The summed E-state index contributed by atoms with van der Waals surface area (Å²) in [5.41, 5.74) is 2.50. The van der Waals surface area contributed by atoms with Gasteiger partial charge in [-0.2, -0.15) is 0 Å². The van der Waals surface area contributed by atoms with Gasteiger partial charge in [0.25, 0.3) is 5.91 Å². The van der Waals surface area contributed by atoms with Crippen molar-refractivity contribution in [2.24, 2.45) is 0 Å². The molecule has 1 amide bonds. The molecule has 0 aliphatic carbocycles. The summed E-state index contributed by atoms with van der Waals surface area (Å²) in [5, 5.41) is 3.51. The fourth-order valence-electron chi connectivity index (χ4n) is 2.67. The lowest BCUT2D eigenvalue weighted by Gasteiger charge is -2.32. The Morgan fingerprint density at radius 3 is 2.73 bits per heavy atom. The first-order chi connectivity index (χ1) is 10.7. The first-order valence-electron chi connectivity index (χ1n) is 7.47. The molecule has 1 saturated heterocycles. The third-order valence-corrected chi connectivity index (χ3v) is 3.83. The molecule has 0 unspecified atom stereocenters. The number of aromatic nitrogens is 3. The van der Waals surface area contributed by atoms with Crippen molar-refractivity contribution in [3.8, 4) is 0 Å². The molecule has 1 aliphatic heterocycles. The Kier molecular flexibility index (Phi) is 4.27. The summed E-state index contributed by atoms with van der Waals surface area (Å²) in [6.45, 7) is 3.45. The largest absolute Gasteiger partial charge is 0.382 e. The molecule has 0 radical (unpaired) electrons. The number of hydrogen-bond donors (Lipinski definition) is 1. The van der Waals surface area contributed by atoms with Crippen molar-refractivity contribution in [3.05, 3.63) is 48.3 Å². The smallest absolute Gasteiger partial charge is 0.274 e. The van der Waals surface area contributed by atoms with Crippen LogP contribution in [0, 0.1) is 6.92 Å². The highest BCUT2D eigenvalue weighted by molar-refractivity contribution is 5.92. The molecule has 3 rings (SSSR count). The van der Waals surface area contributed by atoms with Crippen LogP contribution in [0.2, 0.25) is 0 Å². The molecule has 1 fully saturated rings. The summed E-state index contributed by atoms with van der Waals surface area (Å²) in [7, 11) is 0. The number of nitrogens with one attached hydrogen (secondary N) is 1. The fourth-order valence-corrected chi connectivity index (χ4v) is 2.67. The molecule has 6 heteroatoms. The number of amides is 1. The second kappa shape index (κ2) is 6.51. The zero-order chi connectivity index (χ0) is 15.4. The Balaban J connectivity index is 1.55. The Morgan fingerprint density at radius 2 is 2.05 bits per heavy atom. The van der Waals surface area contributed by atoms with Crippen LogP contribution in [-0.4, -0.2) is 44.9 Å². The molecule has 0 aromatic carbocycles. The number of aryl methyl sites for hydroxylation is 1. The highest BCUT2D eigenvalue weighted by Crippen LogP contribution is 2.17. The summed E-state index contributed by atoms with van der Waals surface area (Å²) < 4.78 is 0. The minimum absolute atomic E-state index is 0.0358. The maximum atomic E-state index is 12.3. The van der Waals surface area contributed by atoms with Gasteiger partial charge in [-0.25, -0.2) is 4.98 Å². The number of likely N-dealkylation sites (tertiary alicyclic amines) is 1. The molecule has 22 heavy (non-hydrogen) atoms. The van der Waals surface area contributed by atoms with Crippen molar-refractivity contribution in [2.45, 2.75) is 25.8 Å². The molecule has 0 bridgehead atoms. The summed E-state index contributed by atoms with van der Waals surface area (Å²) in [6, 6.07) is 4.40. The van der Waals surface area contributed by atoms with E-state index in [2.05, 4.69) is 20.3 Å². The molecule has 2 aromatic heterocycles. The van der Waals surface area contributed by atoms with Crippen LogP contribution in [0.1, 0.15) is 29.0 Å². The van der Waals surface area contributed by atoms with Crippen molar-refractivity contribution < 1.29 is 4.79 Å². The van der Waals surface area contributed by atoms with Gasteiger partial charge in [0, 0.05) is 49.1 Å². The van der Waals surface area contributed by atoms with Gasteiger partial charge in [-0.1, -0.05) is 0 Å². The molecule has 3 heterocycles. The topological polar surface area (TPSA) is 71.0 Å². The van der Waals surface area contributed by atoms with Gasteiger partial charge in [0.1, 0.15) is 5.69 Å². The van der Waals surface area contributed by atoms with E-state index in [0.717, 1.165) is 37.3 Å². The van der Waals surface area contributed by atoms with Gasteiger partial charge in [0.15, 0.2) is 0 Å². The maximum Gasteiger partial charge on any atom is 0.274 e. The quantitative estimate of drug-likeness (QED) is 0.937. The van der Waals surface area contributed by atoms with Crippen LogP contribution in [0.15, 0.2) is 36.9 Å². The number of anilines is 1. The average Bonchev–Trinajstić information content (AvgIpc) is 2.56. The number of nitrogens with zero attached hydrogens (tertiary/aromatic N) is 4. The Bertz CT molecular complexity index is 638. The zero-order valence-electron chi connectivity index (χ0n) is 12.6. The monoisotopic (exact) mass is 297 g/mol. The molecule has 1 aliphatic rings. The van der Waals surface area contributed by atoms with E-state index < -0.39 is 0 Å². The number of pyridine rings is 1. The van der Waals surface area contributed by atoms with Gasteiger partial charge in [-0.3, -0.25) is 14.8 Å². The first kappa shape index (κ1) is 14.4. The number of carbonyl (C=O) groups excluding carboxylic acids is 1. The third kappa shape index (κ3) is 3.39. The Labute approximate surface area is 129 Å². The molecular weight excluding hydrogens is 278 g/mol. The van der Waals surface area contributed by atoms with E-state index in [1.54, 1.807) is 12.4 Å². The van der Waals surface area contributed by atoms with Gasteiger partial charge in [-0.15, -0.1) is 0 Å². The molecule has 0 spiro atoms. The zero-order valence-corrected chi connectivity index (χ0v) is 12.6. The van der Waals surface area contributed by atoms with Crippen LogP contribution in [0.4, 0.5) is 5.69 Å². The summed E-state index contributed by atoms with van der Waals surface area (Å²) in [4.78, 5) is 26.4.